The maximum absolute atomic E-state index is 13.6. The van der Waals surface area contributed by atoms with Crippen LogP contribution in [-0.4, -0.2) is 60.7 Å². The van der Waals surface area contributed by atoms with Crippen LogP contribution in [0.5, 0.6) is 0 Å². The number of aromatic nitrogens is 3. The molecule has 5 atom stereocenters. The fraction of sp³-hybridized carbons (Fsp3) is 0.286. The van der Waals surface area contributed by atoms with Crippen LogP contribution < -0.4 is 0 Å². The lowest BCUT2D eigenvalue weighted by Crippen LogP contribution is -2.55. The number of rotatable bonds is 5. The summed E-state index contributed by atoms with van der Waals surface area (Å²) in [5.41, 5.74) is -0.947. The van der Waals surface area contributed by atoms with Crippen molar-refractivity contribution < 1.29 is 33.2 Å². The van der Waals surface area contributed by atoms with Gasteiger partial charge in [0.1, 0.15) is 41.6 Å². The summed E-state index contributed by atoms with van der Waals surface area (Å²) in [6, 6.07) is 6.84. The fourth-order valence-corrected chi connectivity index (χ4v) is 4.97. The van der Waals surface area contributed by atoms with Crippen LogP contribution in [0.2, 0.25) is 5.02 Å². The summed E-state index contributed by atoms with van der Waals surface area (Å²) in [6.45, 7) is -0.599. The molecule has 0 amide bonds. The molecule has 0 spiro atoms. The molecule has 1 saturated heterocycles. The van der Waals surface area contributed by atoms with Crippen molar-refractivity contribution in [3.05, 3.63) is 64.6 Å². The van der Waals surface area contributed by atoms with Crippen LogP contribution in [0, 0.1) is 28.8 Å². The fourth-order valence-electron chi connectivity index (χ4n) is 3.55. The molecular weight excluding hydrogens is 497 g/mol. The first kappa shape index (κ1) is 24.5. The maximum Gasteiger partial charge on any atom is 0.194 e. The molecule has 3 aromatic rings. The normalized spacial score (nSPS) is 24.7. The lowest BCUT2D eigenvalue weighted by Gasteiger charge is -2.41. The minimum absolute atomic E-state index is 0.0462. The standard InChI is InChI=1S/C21H16ClF3N4O4S/c22-11-2-1-9(6-26)16(5-11)34-21-20(32)18(19(31)15(8-30)33-21)29-7-14(27-28-29)10-3-12(23)17(25)13(24)4-10/h1-5,7,15,18-21,30-32H,8H2. The predicted molar refractivity (Wildman–Crippen MR) is 114 cm³/mol. The summed E-state index contributed by atoms with van der Waals surface area (Å²) in [4.78, 5) is 0.405. The highest BCUT2D eigenvalue weighted by atomic mass is 35.5. The third-order valence-corrected chi connectivity index (χ3v) is 6.70. The Labute approximate surface area is 200 Å². The molecule has 0 aliphatic carbocycles. The van der Waals surface area contributed by atoms with Crippen molar-refractivity contribution in [3.8, 4) is 17.3 Å². The first-order chi connectivity index (χ1) is 16.2. The third-order valence-electron chi connectivity index (χ3n) is 5.25. The van der Waals surface area contributed by atoms with E-state index in [9.17, 15) is 33.8 Å². The first-order valence-electron chi connectivity index (χ1n) is 9.79. The van der Waals surface area contributed by atoms with Crippen molar-refractivity contribution >= 4 is 23.4 Å². The van der Waals surface area contributed by atoms with E-state index in [0.29, 0.717) is 9.92 Å². The Morgan fingerprint density at radius 2 is 1.85 bits per heavy atom. The summed E-state index contributed by atoms with van der Waals surface area (Å²) in [7, 11) is 0. The number of nitrogens with zero attached hydrogens (tertiary/aromatic N) is 4. The van der Waals surface area contributed by atoms with E-state index < -0.39 is 53.8 Å². The molecule has 1 aromatic heterocycles. The topological polar surface area (TPSA) is 124 Å². The van der Waals surface area contributed by atoms with Crippen LogP contribution in [0.1, 0.15) is 11.6 Å². The monoisotopic (exact) mass is 512 g/mol. The molecule has 1 fully saturated rings. The first-order valence-corrected chi connectivity index (χ1v) is 11.0. The molecule has 178 valence electrons. The highest BCUT2D eigenvalue weighted by Gasteiger charge is 2.46. The highest BCUT2D eigenvalue weighted by molar-refractivity contribution is 7.99. The number of aliphatic hydroxyl groups excluding tert-OH is 3. The van der Waals surface area contributed by atoms with Gasteiger partial charge in [0.05, 0.1) is 18.4 Å². The zero-order valence-electron chi connectivity index (χ0n) is 17.0. The second kappa shape index (κ2) is 9.91. The summed E-state index contributed by atoms with van der Waals surface area (Å²) in [5.74, 6) is -4.46. The molecule has 0 bridgehead atoms. The average Bonchev–Trinajstić information content (AvgIpc) is 3.29. The van der Waals surface area contributed by atoms with Gasteiger partial charge < -0.3 is 20.1 Å². The Bertz CT molecular complexity index is 1230. The van der Waals surface area contributed by atoms with Gasteiger partial charge in [0.25, 0.3) is 0 Å². The number of benzene rings is 2. The summed E-state index contributed by atoms with van der Waals surface area (Å²) in [5, 5.41) is 48.8. The summed E-state index contributed by atoms with van der Waals surface area (Å²) < 4.78 is 47.3. The Balaban J connectivity index is 1.66. The van der Waals surface area contributed by atoms with E-state index in [0.717, 1.165) is 28.6 Å². The van der Waals surface area contributed by atoms with Crippen molar-refractivity contribution in [2.24, 2.45) is 0 Å². The zero-order chi connectivity index (χ0) is 24.6. The summed E-state index contributed by atoms with van der Waals surface area (Å²) in [6.07, 6.45) is -2.79. The van der Waals surface area contributed by atoms with Gasteiger partial charge in [-0.1, -0.05) is 28.6 Å². The zero-order valence-corrected chi connectivity index (χ0v) is 18.6. The number of nitriles is 1. The van der Waals surface area contributed by atoms with Crippen LogP contribution in [-0.2, 0) is 4.74 Å². The van der Waals surface area contributed by atoms with Gasteiger partial charge in [0.2, 0.25) is 0 Å². The number of hydrogen-bond acceptors (Lipinski definition) is 8. The Morgan fingerprint density at radius 3 is 2.50 bits per heavy atom. The molecule has 34 heavy (non-hydrogen) atoms. The van der Waals surface area contributed by atoms with E-state index in [4.69, 9.17) is 16.3 Å². The lowest BCUT2D eigenvalue weighted by atomic mass is 9.97. The molecule has 5 unspecified atom stereocenters. The second-order valence-corrected chi connectivity index (χ2v) is 8.98. The van der Waals surface area contributed by atoms with Gasteiger partial charge in [-0.15, -0.1) is 5.10 Å². The van der Waals surface area contributed by atoms with Crippen molar-refractivity contribution in [2.45, 2.75) is 34.7 Å². The molecule has 1 aliphatic heterocycles. The van der Waals surface area contributed by atoms with E-state index in [1.54, 1.807) is 0 Å². The van der Waals surface area contributed by atoms with Gasteiger partial charge in [-0.25, -0.2) is 17.9 Å². The molecule has 8 nitrogen and oxygen atoms in total. The minimum Gasteiger partial charge on any atom is -0.394 e. The third kappa shape index (κ3) is 4.63. The smallest absolute Gasteiger partial charge is 0.194 e. The lowest BCUT2D eigenvalue weighted by molar-refractivity contribution is -0.178. The molecule has 13 heteroatoms. The van der Waals surface area contributed by atoms with E-state index in [1.807, 2.05) is 6.07 Å². The summed E-state index contributed by atoms with van der Waals surface area (Å²) >= 11 is 6.98. The Morgan fingerprint density at radius 1 is 1.15 bits per heavy atom. The Hall–Kier alpha value is -2.66. The van der Waals surface area contributed by atoms with Crippen LogP contribution in [0.4, 0.5) is 13.2 Å². The van der Waals surface area contributed by atoms with Gasteiger partial charge in [-0.3, -0.25) is 0 Å². The van der Waals surface area contributed by atoms with Crippen LogP contribution in [0.3, 0.4) is 0 Å². The molecular formula is C21H16ClF3N4O4S. The van der Waals surface area contributed by atoms with Gasteiger partial charge >= 0.3 is 0 Å². The molecule has 1 aliphatic rings. The number of ether oxygens (including phenoxy) is 1. The van der Waals surface area contributed by atoms with E-state index in [2.05, 4.69) is 10.3 Å². The molecule has 0 radical (unpaired) electrons. The number of thioether (sulfide) groups is 1. The van der Waals surface area contributed by atoms with Crippen LogP contribution in [0.15, 0.2) is 41.4 Å². The number of halogens is 4. The van der Waals surface area contributed by atoms with Gasteiger partial charge in [-0.2, -0.15) is 5.26 Å². The largest absolute Gasteiger partial charge is 0.394 e. The quantitative estimate of drug-likeness (QED) is 0.446. The van der Waals surface area contributed by atoms with E-state index in [-0.39, 0.29) is 16.8 Å². The number of aliphatic hydroxyl groups is 3. The van der Waals surface area contributed by atoms with E-state index >= 15 is 0 Å². The van der Waals surface area contributed by atoms with Crippen LogP contribution in [0.25, 0.3) is 11.3 Å². The highest BCUT2D eigenvalue weighted by Crippen LogP contribution is 2.40. The van der Waals surface area contributed by atoms with Crippen molar-refractivity contribution in [3.63, 3.8) is 0 Å². The Kier molecular flexibility index (Phi) is 7.13. The molecule has 2 heterocycles. The van der Waals surface area contributed by atoms with Crippen molar-refractivity contribution in [2.75, 3.05) is 6.61 Å². The van der Waals surface area contributed by atoms with E-state index in [1.165, 1.54) is 24.4 Å². The number of hydrogen-bond donors (Lipinski definition) is 3. The maximum atomic E-state index is 13.6. The molecule has 0 saturated carbocycles. The molecule has 2 aromatic carbocycles. The van der Waals surface area contributed by atoms with Crippen LogP contribution >= 0.6 is 23.4 Å². The molecule has 4 rings (SSSR count). The van der Waals surface area contributed by atoms with Gasteiger partial charge in [0, 0.05) is 15.5 Å². The minimum atomic E-state index is -1.63. The van der Waals surface area contributed by atoms with Crippen molar-refractivity contribution in [1.82, 2.24) is 15.0 Å². The molecule has 3 N–H and O–H groups in total. The SMILES string of the molecule is N#Cc1ccc(Cl)cc1SC1OC(CO)C(O)C(n2cc(-c3cc(F)c(F)c(F)c3)nn2)C1O. The predicted octanol–water partition coefficient (Wildman–Crippen LogP) is 2.66. The second-order valence-electron chi connectivity index (χ2n) is 7.41. The average molecular weight is 513 g/mol. The van der Waals surface area contributed by atoms with Gasteiger partial charge in [0.15, 0.2) is 17.5 Å². The van der Waals surface area contributed by atoms with Crippen molar-refractivity contribution in [1.29, 1.82) is 5.26 Å². The van der Waals surface area contributed by atoms with Gasteiger partial charge in [-0.05, 0) is 30.3 Å².